The Kier molecular flexibility index (Phi) is 3.82. The zero-order chi connectivity index (χ0) is 17.3. The van der Waals surface area contributed by atoms with Crippen LogP contribution < -0.4 is 9.80 Å². The minimum atomic E-state index is -0.501. The van der Waals surface area contributed by atoms with Gasteiger partial charge in [-0.05, 0) is 24.3 Å². The quantitative estimate of drug-likeness (QED) is 0.633. The fourth-order valence-electron chi connectivity index (χ4n) is 2.52. The molecule has 2 aromatic rings. The number of urea groups is 1. The standard InChI is InChI=1S/C15H12N4O5/c20-15-16(11-1-5-13(6-2-11)18(21)22)9-10-17(15)12-3-7-14(8-4-12)19(23)24/h1-8H,9-10H2. The number of benzene rings is 2. The van der Waals surface area contributed by atoms with E-state index in [0.717, 1.165) is 0 Å². The summed E-state index contributed by atoms with van der Waals surface area (Å²) in [6.07, 6.45) is 0. The van der Waals surface area contributed by atoms with E-state index in [-0.39, 0.29) is 17.4 Å². The number of rotatable bonds is 4. The van der Waals surface area contributed by atoms with Crippen molar-refractivity contribution in [3.8, 4) is 0 Å². The van der Waals surface area contributed by atoms with Crippen LogP contribution in [0.4, 0.5) is 27.5 Å². The number of anilines is 2. The van der Waals surface area contributed by atoms with Crippen LogP contribution in [-0.2, 0) is 0 Å². The first-order chi connectivity index (χ1) is 11.5. The summed E-state index contributed by atoms with van der Waals surface area (Å²) in [5.41, 5.74) is 1.04. The van der Waals surface area contributed by atoms with E-state index in [1.54, 1.807) is 0 Å². The summed E-state index contributed by atoms with van der Waals surface area (Å²) in [4.78, 5) is 35.9. The Bertz CT molecular complexity index is 736. The van der Waals surface area contributed by atoms with Crippen LogP contribution in [0.5, 0.6) is 0 Å². The molecule has 9 heteroatoms. The second kappa shape index (κ2) is 5.95. The second-order valence-corrected chi connectivity index (χ2v) is 5.13. The van der Waals surface area contributed by atoms with Gasteiger partial charge in [0.15, 0.2) is 0 Å². The first kappa shape index (κ1) is 15.4. The molecule has 0 N–H and O–H groups in total. The molecule has 0 aliphatic carbocycles. The molecule has 0 unspecified atom stereocenters. The van der Waals surface area contributed by atoms with Gasteiger partial charge in [0.25, 0.3) is 11.4 Å². The van der Waals surface area contributed by atoms with Gasteiger partial charge in [0, 0.05) is 48.7 Å². The summed E-state index contributed by atoms with van der Waals surface area (Å²) in [5.74, 6) is 0. The third-order valence-corrected chi connectivity index (χ3v) is 3.75. The molecule has 2 amide bonds. The van der Waals surface area contributed by atoms with Gasteiger partial charge in [-0.1, -0.05) is 0 Å². The molecule has 1 fully saturated rings. The number of nitro groups is 2. The highest BCUT2D eigenvalue weighted by molar-refractivity contribution is 6.06. The molecule has 1 aliphatic heterocycles. The van der Waals surface area contributed by atoms with E-state index in [1.807, 2.05) is 0 Å². The van der Waals surface area contributed by atoms with Gasteiger partial charge in [-0.3, -0.25) is 30.0 Å². The van der Waals surface area contributed by atoms with Crippen LogP contribution >= 0.6 is 0 Å². The summed E-state index contributed by atoms with van der Waals surface area (Å²) in [7, 11) is 0. The molecule has 0 spiro atoms. The van der Waals surface area contributed by atoms with Crippen molar-refractivity contribution in [3.63, 3.8) is 0 Å². The Labute approximate surface area is 136 Å². The third-order valence-electron chi connectivity index (χ3n) is 3.75. The summed E-state index contributed by atoms with van der Waals surface area (Å²) in [6, 6.07) is 11.2. The molecule has 9 nitrogen and oxygen atoms in total. The molecule has 1 heterocycles. The molecular weight excluding hydrogens is 316 g/mol. The van der Waals surface area contributed by atoms with Crippen molar-refractivity contribution in [3.05, 3.63) is 68.8 Å². The number of carbonyl (C=O) groups excluding carboxylic acids is 1. The summed E-state index contributed by atoms with van der Waals surface area (Å²) >= 11 is 0. The van der Waals surface area contributed by atoms with Gasteiger partial charge < -0.3 is 0 Å². The number of hydrogen-bond donors (Lipinski definition) is 0. The smallest absolute Gasteiger partial charge is 0.292 e. The van der Waals surface area contributed by atoms with Gasteiger partial charge in [0.2, 0.25) is 0 Å². The highest BCUT2D eigenvalue weighted by Crippen LogP contribution is 2.27. The zero-order valence-electron chi connectivity index (χ0n) is 12.4. The Morgan fingerprint density at radius 3 is 1.33 bits per heavy atom. The topological polar surface area (TPSA) is 110 Å². The van der Waals surface area contributed by atoms with E-state index in [2.05, 4.69) is 0 Å². The minimum absolute atomic E-state index is 0.0439. The molecule has 0 radical (unpaired) electrons. The van der Waals surface area contributed by atoms with Gasteiger partial charge in [0.1, 0.15) is 0 Å². The van der Waals surface area contributed by atoms with Crippen LogP contribution in [0.25, 0.3) is 0 Å². The average Bonchev–Trinajstić information content (AvgIpc) is 2.96. The normalized spacial score (nSPS) is 14.1. The molecule has 2 aromatic carbocycles. The lowest BCUT2D eigenvalue weighted by Crippen LogP contribution is -2.31. The van der Waals surface area contributed by atoms with Crippen molar-refractivity contribution in [1.29, 1.82) is 0 Å². The number of hydrogen-bond acceptors (Lipinski definition) is 5. The Hall–Kier alpha value is -3.49. The van der Waals surface area contributed by atoms with E-state index in [0.29, 0.717) is 24.5 Å². The van der Waals surface area contributed by atoms with Crippen molar-refractivity contribution >= 4 is 28.8 Å². The molecule has 0 aromatic heterocycles. The van der Waals surface area contributed by atoms with E-state index >= 15 is 0 Å². The predicted octanol–water partition coefficient (Wildman–Crippen LogP) is 2.95. The molecule has 1 saturated heterocycles. The molecule has 122 valence electrons. The highest BCUT2D eigenvalue weighted by Gasteiger charge is 2.31. The fraction of sp³-hybridized carbons (Fsp3) is 0.133. The predicted molar refractivity (Wildman–Crippen MR) is 86.3 cm³/mol. The fourth-order valence-corrected chi connectivity index (χ4v) is 2.52. The van der Waals surface area contributed by atoms with Crippen molar-refractivity contribution in [2.45, 2.75) is 0 Å². The molecule has 0 atom stereocenters. The first-order valence-electron chi connectivity index (χ1n) is 7.05. The van der Waals surface area contributed by atoms with E-state index in [1.165, 1.54) is 58.3 Å². The number of nitro benzene ring substituents is 2. The summed E-state index contributed by atoms with van der Waals surface area (Å²) < 4.78 is 0. The zero-order valence-corrected chi connectivity index (χ0v) is 12.4. The van der Waals surface area contributed by atoms with Crippen molar-refractivity contribution in [2.75, 3.05) is 22.9 Å². The van der Waals surface area contributed by atoms with Crippen molar-refractivity contribution < 1.29 is 14.6 Å². The van der Waals surface area contributed by atoms with E-state index in [4.69, 9.17) is 0 Å². The van der Waals surface area contributed by atoms with Crippen LogP contribution in [0.15, 0.2) is 48.5 Å². The number of non-ortho nitro benzene ring substituents is 2. The molecule has 24 heavy (non-hydrogen) atoms. The molecule has 0 saturated carbocycles. The van der Waals surface area contributed by atoms with Crippen molar-refractivity contribution in [2.24, 2.45) is 0 Å². The maximum atomic E-state index is 12.5. The lowest BCUT2D eigenvalue weighted by molar-refractivity contribution is -0.385. The summed E-state index contributed by atoms with van der Waals surface area (Å²) in [6.45, 7) is 0.848. The number of amides is 2. The average molecular weight is 328 g/mol. The SMILES string of the molecule is O=C1N(c2ccc([N+](=O)[O-])cc2)CCN1c1ccc([N+](=O)[O-])cc1. The minimum Gasteiger partial charge on any atom is -0.292 e. The second-order valence-electron chi connectivity index (χ2n) is 5.13. The highest BCUT2D eigenvalue weighted by atomic mass is 16.6. The van der Waals surface area contributed by atoms with Crippen LogP contribution in [0.1, 0.15) is 0 Å². The van der Waals surface area contributed by atoms with Gasteiger partial charge in [-0.2, -0.15) is 0 Å². The van der Waals surface area contributed by atoms with Gasteiger partial charge in [0.05, 0.1) is 9.85 Å². The largest absolute Gasteiger partial charge is 0.329 e. The van der Waals surface area contributed by atoms with E-state index in [9.17, 15) is 25.0 Å². The van der Waals surface area contributed by atoms with Gasteiger partial charge in [-0.15, -0.1) is 0 Å². The molecule has 0 bridgehead atoms. The number of nitrogens with zero attached hydrogens (tertiary/aromatic N) is 4. The Morgan fingerprint density at radius 1 is 0.708 bits per heavy atom. The molecular formula is C15H12N4O5. The number of carbonyl (C=O) groups is 1. The van der Waals surface area contributed by atoms with E-state index < -0.39 is 9.85 Å². The van der Waals surface area contributed by atoms with Crippen molar-refractivity contribution in [1.82, 2.24) is 0 Å². The maximum absolute atomic E-state index is 12.5. The Balaban J connectivity index is 1.79. The van der Waals surface area contributed by atoms with Crippen LogP contribution in [0.2, 0.25) is 0 Å². The van der Waals surface area contributed by atoms with Gasteiger partial charge in [-0.25, -0.2) is 4.79 Å². The van der Waals surface area contributed by atoms with Crippen LogP contribution in [-0.4, -0.2) is 29.0 Å². The van der Waals surface area contributed by atoms with Crippen LogP contribution in [0.3, 0.4) is 0 Å². The lowest BCUT2D eigenvalue weighted by Gasteiger charge is -2.18. The first-order valence-corrected chi connectivity index (χ1v) is 7.05. The summed E-state index contributed by atoms with van der Waals surface area (Å²) in [5, 5.41) is 21.4. The Morgan fingerprint density at radius 2 is 1.04 bits per heavy atom. The van der Waals surface area contributed by atoms with Gasteiger partial charge >= 0.3 is 6.03 Å². The lowest BCUT2D eigenvalue weighted by atomic mass is 10.2. The monoisotopic (exact) mass is 328 g/mol. The maximum Gasteiger partial charge on any atom is 0.329 e. The van der Waals surface area contributed by atoms with Crippen LogP contribution in [0, 0.1) is 20.2 Å². The molecule has 3 rings (SSSR count). The third kappa shape index (κ3) is 2.74. The molecule has 1 aliphatic rings.